The van der Waals surface area contributed by atoms with Crippen LogP contribution in [0.15, 0.2) is 13.2 Å². The van der Waals surface area contributed by atoms with Gasteiger partial charge in [0.25, 0.3) is 23.9 Å². The maximum atomic E-state index is 9.00. The molecule has 12 heteroatoms. The van der Waals surface area contributed by atoms with Crippen molar-refractivity contribution in [3.8, 4) is 0 Å². The second-order valence-electron chi connectivity index (χ2n) is 2.08. The molecule has 22 heavy (non-hydrogen) atoms. The van der Waals surface area contributed by atoms with Gasteiger partial charge in [-0.25, -0.2) is 0 Å². The van der Waals surface area contributed by atoms with Crippen LogP contribution in [-0.4, -0.2) is 44.3 Å². The molecule has 0 atom stereocenters. The Morgan fingerprint density at radius 3 is 0.591 bits per heavy atom. The van der Waals surface area contributed by atoms with Crippen LogP contribution >= 0.6 is 0 Å². The Bertz CT molecular complexity index is 199. The largest absolute Gasteiger partial charge is 1.00 e. The van der Waals surface area contributed by atoms with Gasteiger partial charge in [0, 0.05) is 27.7 Å². The van der Waals surface area contributed by atoms with Gasteiger partial charge in [-0.3, -0.25) is 19.2 Å². The molecule has 0 aromatic carbocycles. The Labute approximate surface area is 177 Å². The fourth-order valence-electron chi connectivity index (χ4n) is 0. The molecule has 128 valence electrons. The second kappa shape index (κ2) is 58.9. The van der Waals surface area contributed by atoms with Crippen molar-refractivity contribution in [3.05, 3.63) is 13.2 Å². The van der Waals surface area contributed by atoms with Gasteiger partial charge in [0.05, 0.1) is 0 Å². The van der Waals surface area contributed by atoms with Crippen molar-refractivity contribution in [1.29, 1.82) is 0 Å². The minimum atomic E-state index is -0.833. The van der Waals surface area contributed by atoms with Crippen LogP contribution in [0.1, 0.15) is 30.5 Å². The third-order valence-corrected chi connectivity index (χ3v) is 0. The monoisotopic (exact) mass is 350 g/mol. The summed E-state index contributed by atoms with van der Waals surface area (Å²) in [6.45, 7) is 10.3. The SMILES string of the molecule is C=C.CC(=O)O.CC(=O)O.CC(=O)O.CC(=O)O.N.N.[H-].[H-].[Na+].[Na+]. The minimum absolute atomic E-state index is 0. The Kier molecular flexibility index (Phi) is 155. The van der Waals surface area contributed by atoms with Crippen LogP contribution < -0.4 is 71.4 Å². The number of carboxylic acids is 4. The fourth-order valence-corrected chi connectivity index (χ4v) is 0. The molecule has 0 rings (SSSR count). The van der Waals surface area contributed by atoms with Crippen LogP contribution in [0.5, 0.6) is 0 Å². The van der Waals surface area contributed by atoms with Crippen molar-refractivity contribution < 1.29 is 102 Å². The van der Waals surface area contributed by atoms with Crippen LogP contribution in [-0.2, 0) is 19.2 Å². The third kappa shape index (κ3) is 31700. The van der Waals surface area contributed by atoms with E-state index < -0.39 is 23.9 Å². The first-order chi connectivity index (χ1) is 7.93. The molecule has 0 bridgehead atoms. The Morgan fingerprint density at radius 2 is 0.591 bits per heavy atom. The molecule has 0 radical (unpaired) electrons. The second-order valence-corrected chi connectivity index (χ2v) is 2.08. The summed E-state index contributed by atoms with van der Waals surface area (Å²) in [7, 11) is 0. The number of hydrogen-bond acceptors (Lipinski definition) is 6. The van der Waals surface area contributed by atoms with Crippen molar-refractivity contribution >= 4 is 23.9 Å². The van der Waals surface area contributed by atoms with Gasteiger partial charge in [-0.1, -0.05) is 0 Å². The predicted molar refractivity (Wildman–Crippen MR) is 76.8 cm³/mol. The zero-order valence-electron chi connectivity index (χ0n) is 16.3. The third-order valence-electron chi connectivity index (χ3n) is 0. The van der Waals surface area contributed by atoms with Crippen molar-refractivity contribution in [2.45, 2.75) is 27.7 Å². The number of rotatable bonds is 0. The molecular formula is C10H28N2Na2O8. The van der Waals surface area contributed by atoms with E-state index in [1.165, 1.54) is 0 Å². The van der Waals surface area contributed by atoms with Gasteiger partial charge >= 0.3 is 59.1 Å². The zero-order chi connectivity index (χ0) is 16.3. The molecule has 0 unspecified atom stereocenters. The number of hydrogen-bond donors (Lipinski definition) is 6. The minimum Gasteiger partial charge on any atom is -1.00 e. The van der Waals surface area contributed by atoms with Crippen molar-refractivity contribution in [3.63, 3.8) is 0 Å². The van der Waals surface area contributed by atoms with E-state index in [1.54, 1.807) is 0 Å². The van der Waals surface area contributed by atoms with E-state index in [0.717, 1.165) is 27.7 Å². The molecule has 10 nitrogen and oxygen atoms in total. The molecule has 0 aromatic rings. The molecule has 0 fully saturated rings. The molecule has 0 aliphatic carbocycles. The average molecular weight is 350 g/mol. The van der Waals surface area contributed by atoms with Gasteiger partial charge in [0.2, 0.25) is 0 Å². The molecule has 10 N–H and O–H groups in total. The topological polar surface area (TPSA) is 219 Å². The zero-order valence-corrected chi connectivity index (χ0v) is 18.3. The molecule has 0 saturated carbocycles. The predicted octanol–water partition coefficient (Wildman–Crippen LogP) is -4.28. The summed E-state index contributed by atoms with van der Waals surface area (Å²) in [6, 6.07) is 0. The van der Waals surface area contributed by atoms with Crippen LogP contribution in [0.4, 0.5) is 0 Å². The number of carbonyl (C=O) groups is 4. The smallest absolute Gasteiger partial charge is 1.00 e. The van der Waals surface area contributed by atoms with Crippen molar-refractivity contribution in [2.75, 3.05) is 0 Å². The first-order valence-electron chi connectivity index (χ1n) is 4.21. The van der Waals surface area contributed by atoms with E-state index in [4.69, 9.17) is 39.6 Å². The van der Waals surface area contributed by atoms with Gasteiger partial charge in [-0.15, -0.1) is 13.2 Å². The summed E-state index contributed by atoms with van der Waals surface area (Å²) >= 11 is 0. The first kappa shape index (κ1) is 57.8. The quantitative estimate of drug-likeness (QED) is 0.182. The van der Waals surface area contributed by atoms with E-state index in [1.807, 2.05) is 0 Å². The summed E-state index contributed by atoms with van der Waals surface area (Å²) in [6.07, 6.45) is 0. The fraction of sp³-hybridized carbons (Fsp3) is 0.400. The van der Waals surface area contributed by atoms with Crippen LogP contribution in [0.25, 0.3) is 0 Å². The summed E-state index contributed by atoms with van der Waals surface area (Å²) in [5.74, 6) is -3.33. The Morgan fingerprint density at radius 1 is 0.591 bits per heavy atom. The molecule has 0 heterocycles. The van der Waals surface area contributed by atoms with Crippen molar-refractivity contribution in [2.24, 2.45) is 0 Å². The number of aliphatic carboxylic acids is 4. The maximum absolute atomic E-state index is 9.00. The van der Waals surface area contributed by atoms with Crippen molar-refractivity contribution in [1.82, 2.24) is 12.3 Å². The Hall–Kier alpha value is -0.460. The summed E-state index contributed by atoms with van der Waals surface area (Å²) in [4.78, 5) is 36.0. The molecule has 0 aromatic heterocycles. The van der Waals surface area contributed by atoms with Crippen LogP contribution in [0.3, 0.4) is 0 Å². The van der Waals surface area contributed by atoms with E-state index in [-0.39, 0.29) is 74.3 Å². The van der Waals surface area contributed by atoms with Gasteiger partial charge in [-0.2, -0.15) is 0 Å². The van der Waals surface area contributed by atoms with E-state index in [0.29, 0.717) is 0 Å². The molecule has 0 spiro atoms. The van der Waals surface area contributed by atoms with Gasteiger partial charge in [0.15, 0.2) is 0 Å². The molecule has 0 amide bonds. The van der Waals surface area contributed by atoms with Gasteiger partial charge in [0.1, 0.15) is 0 Å². The number of carboxylic acid groups (broad SMARTS) is 4. The first-order valence-corrected chi connectivity index (χ1v) is 4.21. The Balaban J connectivity index is -0.00000000932. The van der Waals surface area contributed by atoms with E-state index in [2.05, 4.69) is 13.2 Å². The standard InChI is InChI=1S/4C2H4O2.C2H4.2H3N.2Na.2H/c4*1-2(3)4;1-2;;;;;;/h4*1H3,(H,3,4);1-2H2;2*1H3;;;;/q;;;;;;;2*+1;2*-1. The van der Waals surface area contributed by atoms with E-state index in [9.17, 15) is 0 Å². The molecule has 0 aliphatic rings. The molecule has 0 saturated heterocycles. The maximum Gasteiger partial charge on any atom is 1.00 e. The van der Waals surface area contributed by atoms with Crippen LogP contribution in [0.2, 0.25) is 0 Å². The molecular weight excluding hydrogens is 322 g/mol. The van der Waals surface area contributed by atoms with Gasteiger partial charge < -0.3 is 35.6 Å². The average Bonchev–Trinajstić information content (AvgIpc) is 2.01. The molecule has 0 aliphatic heterocycles. The normalized spacial score (nSPS) is 4.73. The van der Waals surface area contributed by atoms with Crippen LogP contribution in [0, 0.1) is 0 Å². The van der Waals surface area contributed by atoms with Gasteiger partial charge in [-0.05, 0) is 0 Å². The summed E-state index contributed by atoms with van der Waals surface area (Å²) in [5.41, 5.74) is 0. The summed E-state index contributed by atoms with van der Waals surface area (Å²) < 4.78 is 0. The van der Waals surface area contributed by atoms with E-state index >= 15 is 0 Å². The summed E-state index contributed by atoms with van der Waals surface area (Å²) in [5, 5.41) is 29.7.